The van der Waals surface area contributed by atoms with Gasteiger partial charge in [-0.05, 0) is 40.0 Å². The fourth-order valence-corrected chi connectivity index (χ4v) is 3.66. The van der Waals surface area contributed by atoms with Crippen molar-refractivity contribution in [3.05, 3.63) is 27.7 Å². The molecule has 0 amide bonds. The normalized spacial score (nSPS) is 17.6. The fourth-order valence-electron chi connectivity index (χ4n) is 2.06. The van der Waals surface area contributed by atoms with Gasteiger partial charge in [0.05, 0.1) is 11.1 Å². The number of aromatic carboxylic acids is 1. The molecule has 1 saturated heterocycles. The van der Waals surface area contributed by atoms with Gasteiger partial charge in [-0.1, -0.05) is 13.8 Å². The van der Waals surface area contributed by atoms with Gasteiger partial charge < -0.3 is 5.11 Å². The van der Waals surface area contributed by atoms with Crippen LogP contribution in [0.25, 0.3) is 0 Å². The molecule has 142 valence electrons. The Hall–Kier alpha value is -0.870. The Labute approximate surface area is 154 Å². The molecule has 1 aromatic rings. The molecule has 1 N–H and O–H groups in total. The molecule has 3 nitrogen and oxygen atoms in total. The monoisotopic (exact) mass is 449 g/mol. The van der Waals surface area contributed by atoms with Crippen LogP contribution in [0, 0.1) is 0 Å². The molecule has 0 saturated carbocycles. The highest BCUT2D eigenvalue weighted by molar-refractivity contribution is 9.10. The van der Waals surface area contributed by atoms with E-state index in [0.29, 0.717) is 18.0 Å². The largest absolute Gasteiger partial charge is 0.478 e. The first-order valence-electron chi connectivity index (χ1n) is 7.44. The van der Waals surface area contributed by atoms with Crippen molar-refractivity contribution in [3.8, 4) is 0 Å². The number of carboxylic acids is 1. The van der Waals surface area contributed by atoms with Crippen LogP contribution in [-0.2, 0) is 6.18 Å². The van der Waals surface area contributed by atoms with Crippen molar-refractivity contribution in [2.45, 2.75) is 43.7 Å². The summed E-state index contributed by atoms with van der Waals surface area (Å²) in [7, 11) is 0. The summed E-state index contributed by atoms with van der Waals surface area (Å²) in [4.78, 5) is 10.8. The predicted octanol–water partition coefficient (Wildman–Crippen LogP) is 5.93. The summed E-state index contributed by atoms with van der Waals surface area (Å²) in [5, 5.41) is 9.02. The van der Waals surface area contributed by atoms with Gasteiger partial charge in [-0.2, -0.15) is 13.2 Å². The third-order valence-corrected chi connectivity index (χ3v) is 5.10. The van der Waals surface area contributed by atoms with Crippen LogP contribution < -0.4 is 0 Å². The Balaban J connectivity index is 0.00000151. The van der Waals surface area contributed by atoms with E-state index in [4.69, 9.17) is 5.11 Å². The van der Waals surface area contributed by atoms with Crippen LogP contribution in [0.2, 0.25) is 0 Å². The van der Waals surface area contributed by atoms with Gasteiger partial charge in [-0.3, -0.25) is 0 Å². The lowest BCUT2D eigenvalue weighted by atomic mass is 10.1. The van der Waals surface area contributed by atoms with Gasteiger partial charge in [0.25, 0.3) is 5.92 Å². The lowest BCUT2D eigenvalue weighted by Crippen LogP contribution is -2.35. The summed E-state index contributed by atoms with van der Waals surface area (Å²) in [6.07, 6.45) is -5.56. The first kappa shape index (κ1) is 22.2. The number of halogens is 6. The van der Waals surface area contributed by atoms with Gasteiger partial charge in [0, 0.05) is 35.3 Å². The zero-order chi connectivity index (χ0) is 19.4. The van der Waals surface area contributed by atoms with Crippen LogP contribution in [0.15, 0.2) is 21.5 Å². The summed E-state index contributed by atoms with van der Waals surface area (Å²) in [5.41, 5.74) is -1.32. The number of hydrogen-bond acceptors (Lipinski definition) is 3. The SMILES string of the molecule is CC.O=C(O)c1cc(SN2CCC(F)(F)CC2)c(C(F)(F)F)cc1Br. The molecule has 0 aliphatic carbocycles. The Morgan fingerprint density at radius 3 is 2.20 bits per heavy atom. The molecule has 1 heterocycles. The molecule has 0 atom stereocenters. The first-order valence-corrected chi connectivity index (χ1v) is 9.01. The number of nitrogens with zero attached hydrogens (tertiary/aromatic N) is 1. The van der Waals surface area contributed by atoms with E-state index in [1.165, 1.54) is 4.31 Å². The van der Waals surface area contributed by atoms with E-state index >= 15 is 0 Å². The number of hydrogen-bond donors (Lipinski definition) is 1. The number of benzene rings is 1. The van der Waals surface area contributed by atoms with Gasteiger partial charge in [0.2, 0.25) is 0 Å². The second-order valence-corrected chi connectivity index (χ2v) is 7.00. The number of rotatable bonds is 3. The molecule has 10 heteroatoms. The minimum Gasteiger partial charge on any atom is -0.478 e. The van der Waals surface area contributed by atoms with Crippen LogP contribution in [0.4, 0.5) is 22.0 Å². The van der Waals surface area contributed by atoms with Crippen LogP contribution in [0.3, 0.4) is 0 Å². The third kappa shape index (κ3) is 6.10. The van der Waals surface area contributed by atoms with Gasteiger partial charge in [-0.25, -0.2) is 17.9 Å². The predicted molar refractivity (Wildman–Crippen MR) is 89.1 cm³/mol. The van der Waals surface area contributed by atoms with Gasteiger partial charge in [-0.15, -0.1) is 0 Å². The van der Waals surface area contributed by atoms with E-state index in [0.717, 1.165) is 6.07 Å². The van der Waals surface area contributed by atoms with E-state index in [1.807, 2.05) is 13.8 Å². The van der Waals surface area contributed by atoms with Crippen LogP contribution >= 0.6 is 27.9 Å². The average Bonchev–Trinajstić information content (AvgIpc) is 2.51. The highest BCUT2D eigenvalue weighted by atomic mass is 79.9. The molecule has 0 spiro atoms. The van der Waals surface area contributed by atoms with Gasteiger partial charge in [0.15, 0.2) is 0 Å². The summed E-state index contributed by atoms with van der Waals surface area (Å²) in [5.74, 6) is -4.19. The highest BCUT2D eigenvalue weighted by Gasteiger charge is 2.38. The Kier molecular flexibility index (Phi) is 7.70. The molecular formula is C15H17BrF5NO2S. The minimum absolute atomic E-state index is 0.0760. The van der Waals surface area contributed by atoms with Crippen LogP contribution in [-0.4, -0.2) is 34.4 Å². The summed E-state index contributed by atoms with van der Waals surface area (Å²) in [6.45, 7) is 3.85. The molecule has 0 unspecified atom stereocenters. The summed E-state index contributed by atoms with van der Waals surface area (Å²) in [6, 6.07) is 1.61. The molecule has 2 rings (SSSR count). The number of alkyl halides is 5. The van der Waals surface area contributed by atoms with Crippen LogP contribution in [0.5, 0.6) is 0 Å². The van der Waals surface area contributed by atoms with Crippen molar-refractivity contribution in [1.82, 2.24) is 4.31 Å². The molecule has 0 bridgehead atoms. The van der Waals surface area contributed by atoms with Crippen molar-refractivity contribution >= 4 is 33.8 Å². The molecule has 0 aromatic heterocycles. The van der Waals surface area contributed by atoms with Crippen molar-refractivity contribution < 1.29 is 31.9 Å². The maximum Gasteiger partial charge on any atom is 0.417 e. The van der Waals surface area contributed by atoms with Crippen LogP contribution in [0.1, 0.15) is 42.6 Å². The Bertz CT molecular complexity index is 615. The molecule has 25 heavy (non-hydrogen) atoms. The van der Waals surface area contributed by atoms with Gasteiger partial charge >= 0.3 is 12.1 Å². The maximum absolute atomic E-state index is 13.1. The Morgan fingerprint density at radius 2 is 1.76 bits per heavy atom. The zero-order valence-electron chi connectivity index (χ0n) is 13.5. The second kappa shape index (κ2) is 8.68. The lowest BCUT2D eigenvalue weighted by Gasteiger charge is -2.31. The number of piperidine rings is 1. The molecular weight excluding hydrogens is 433 g/mol. The van der Waals surface area contributed by atoms with E-state index in [9.17, 15) is 26.7 Å². The summed E-state index contributed by atoms with van der Waals surface area (Å²) >= 11 is 3.47. The molecule has 1 fully saturated rings. The van der Waals surface area contributed by atoms with Crippen molar-refractivity contribution in [2.75, 3.05) is 13.1 Å². The molecule has 1 aliphatic rings. The van der Waals surface area contributed by atoms with E-state index < -0.39 is 36.5 Å². The van der Waals surface area contributed by atoms with E-state index in [-0.39, 0.29) is 28.0 Å². The van der Waals surface area contributed by atoms with E-state index in [1.54, 1.807) is 0 Å². The minimum atomic E-state index is -4.68. The first-order chi connectivity index (χ1) is 11.5. The Morgan fingerprint density at radius 1 is 1.24 bits per heavy atom. The number of carbonyl (C=O) groups is 1. The van der Waals surface area contributed by atoms with Crippen molar-refractivity contribution in [3.63, 3.8) is 0 Å². The molecule has 1 aromatic carbocycles. The molecule has 0 radical (unpaired) electrons. The van der Waals surface area contributed by atoms with E-state index in [2.05, 4.69) is 15.9 Å². The molecule has 1 aliphatic heterocycles. The van der Waals surface area contributed by atoms with Crippen molar-refractivity contribution in [2.24, 2.45) is 0 Å². The second-order valence-electron chi connectivity index (χ2n) is 5.01. The van der Waals surface area contributed by atoms with Crippen molar-refractivity contribution in [1.29, 1.82) is 0 Å². The van der Waals surface area contributed by atoms with Gasteiger partial charge in [0.1, 0.15) is 0 Å². The highest BCUT2D eigenvalue weighted by Crippen LogP contribution is 2.42. The standard InChI is InChI=1S/C13H11BrF5NO2S.C2H6/c14-9-6-8(13(17,18)19)10(5-7(9)11(21)22)23-20-3-1-12(15,16)2-4-20;1-2/h5-6H,1-4H2,(H,21,22);1-2H3. The lowest BCUT2D eigenvalue weighted by molar-refractivity contribution is -0.139. The smallest absolute Gasteiger partial charge is 0.417 e. The fraction of sp³-hybridized carbons (Fsp3) is 0.533. The zero-order valence-corrected chi connectivity index (χ0v) is 15.9. The number of carboxylic acid groups (broad SMARTS) is 1. The quantitative estimate of drug-likeness (QED) is 0.458. The average molecular weight is 450 g/mol. The topological polar surface area (TPSA) is 40.5 Å². The maximum atomic E-state index is 13.1. The third-order valence-electron chi connectivity index (χ3n) is 3.29. The summed E-state index contributed by atoms with van der Waals surface area (Å²) < 4.78 is 66.8.